The molecule has 2 heterocycles. The van der Waals surface area contributed by atoms with Gasteiger partial charge in [0.2, 0.25) is 0 Å². The van der Waals surface area contributed by atoms with Crippen LogP contribution in [0.1, 0.15) is 116 Å². The number of carbonyl (C=O) groups excluding carboxylic acids is 1. The van der Waals surface area contributed by atoms with E-state index in [1.165, 1.54) is 70.3 Å². The molecule has 2 saturated heterocycles. The molecule has 0 radical (unpaired) electrons. The molecule has 3 aliphatic rings. The highest BCUT2D eigenvalue weighted by Crippen LogP contribution is 2.49. The molecule has 2 N–H and O–H groups in total. The molecule has 1 aliphatic carbocycles. The number of unbranched alkanes of at least 4 members (excludes halogenated alkanes) is 10. The Labute approximate surface area is 188 Å². The average Bonchev–Trinajstić information content (AvgIpc) is 3.07. The van der Waals surface area contributed by atoms with E-state index < -0.39 is 23.6 Å². The molecule has 0 aromatic heterocycles. The van der Waals surface area contributed by atoms with Crippen LogP contribution in [0.4, 0.5) is 0 Å². The summed E-state index contributed by atoms with van der Waals surface area (Å²) in [5.41, 5.74) is -0.841. The summed E-state index contributed by atoms with van der Waals surface area (Å²) in [6.07, 6.45) is 19.9. The highest BCUT2D eigenvalue weighted by Gasteiger charge is 2.56. The smallest absolute Gasteiger partial charge is 0.172 e. The van der Waals surface area contributed by atoms with Gasteiger partial charge in [-0.05, 0) is 31.4 Å². The summed E-state index contributed by atoms with van der Waals surface area (Å²) in [6.45, 7) is 2.26. The van der Waals surface area contributed by atoms with Gasteiger partial charge in [-0.25, -0.2) is 0 Å². The molecule has 2 fully saturated rings. The number of hydrogen-bond acceptors (Lipinski definition) is 5. The van der Waals surface area contributed by atoms with Gasteiger partial charge in [0.05, 0.1) is 18.3 Å². The molecule has 0 aromatic rings. The molecule has 31 heavy (non-hydrogen) atoms. The van der Waals surface area contributed by atoms with Crippen LogP contribution in [0.15, 0.2) is 12.2 Å². The standard InChI is InChI=1S/C26H44O5/c1-2-3-4-5-6-7-8-9-10-11-12-13-23-18-22(28)20-26(30-23)17-16-25(31-26)15-14-21(27)19-24(25)29/h14-15,22-24,28-29H,2-13,16-20H2,1H3/t22-,23-,24?,25+,26+/m1/s1. The Balaban J connectivity index is 1.34. The Kier molecular flexibility index (Phi) is 9.57. The Morgan fingerprint density at radius 2 is 1.61 bits per heavy atom. The van der Waals surface area contributed by atoms with E-state index in [0.717, 1.165) is 12.8 Å². The summed E-state index contributed by atoms with van der Waals surface area (Å²) in [5.74, 6) is -0.895. The monoisotopic (exact) mass is 436 g/mol. The number of aliphatic hydroxyl groups is 2. The Morgan fingerprint density at radius 1 is 0.968 bits per heavy atom. The normalized spacial score (nSPS) is 35.5. The Morgan fingerprint density at radius 3 is 2.26 bits per heavy atom. The second-order valence-corrected chi connectivity index (χ2v) is 10.1. The number of carbonyl (C=O) groups is 1. The van der Waals surface area contributed by atoms with Gasteiger partial charge in [0, 0.05) is 19.3 Å². The number of allylic oxidation sites excluding steroid dienone is 1. The zero-order valence-electron chi connectivity index (χ0n) is 19.5. The molecular formula is C26H44O5. The second kappa shape index (κ2) is 11.9. The van der Waals surface area contributed by atoms with Gasteiger partial charge < -0.3 is 19.7 Å². The van der Waals surface area contributed by atoms with Gasteiger partial charge >= 0.3 is 0 Å². The predicted octanol–water partition coefficient (Wildman–Crippen LogP) is 5.36. The van der Waals surface area contributed by atoms with E-state index in [9.17, 15) is 15.0 Å². The van der Waals surface area contributed by atoms with E-state index in [1.54, 1.807) is 6.08 Å². The van der Waals surface area contributed by atoms with E-state index in [-0.39, 0.29) is 18.3 Å². The number of hydrogen-bond donors (Lipinski definition) is 2. The summed E-state index contributed by atoms with van der Waals surface area (Å²) < 4.78 is 12.7. The summed E-state index contributed by atoms with van der Waals surface area (Å²) >= 11 is 0. The summed E-state index contributed by atoms with van der Waals surface area (Å²) in [5, 5.41) is 21.0. The lowest BCUT2D eigenvalue weighted by Crippen LogP contribution is -2.51. The molecule has 0 aromatic carbocycles. The molecule has 178 valence electrons. The minimum Gasteiger partial charge on any atom is -0.393 e. The topological polar surface area (TPSA) is 76.0 Å². The van der Waals surface area contributed by atoms with Crippen LogP contribution in [0.3, 0.4) is 0 Å². The first kappa shape index (κ1) is 24.9. The van der Waals surface area contributed by atoms with Crippen LogP contribution in [-0.2, 0) is 14.3 Å². The maximum atomic E-state index is 11.6. The fourth-order valence-corrected chi connectivity index (χ4v) is 5.55. The second-order valence-electron chi connectivity index (χ2n) is 10.1. The number of rotatable bonds is 12. The first-order valence-electron chi connectivity index (χ1n) is 12.9. The molecule has 2 spiro atoms. The minimum absolute atomic E-state index is 0.00353. The third-order valence-corrected chi connectivity index (χ3v) is 7.38. The fraction of sp³-hybridized carbons (Fsp3) is 0.885. The lowest BCUT2D eigenvalue weighted by molar-refractivity contribution is -0.306. The zero-order valence-corrected chi connectivity index (χ0v) is 19.5. The first-order chi connectivity index (χ1) is 15.0. The van der Waals surface area contributed by atoms with E-state index in [1.807, 2.05) is 0 Å². The van der Waals surface area contributed by atoms with E-state index in [4.69, 9.17) is 9.47 Å². The zero-order chi connectivity index (χ0) is 22.2. The van der Waals surface area contributed by atoms with Crippen LogP contribution in [0.5, 0.6) is 0 Å². The van der Waals surface area contributed by atoms with Crippen LogP contribution in [-0.4, -0.2) is 45.7 Å². The van der Waals surface area contributed by atoms with E-state index in [0.29, 0.717) is 25.7 Å². The van der Waals surface area contributed by atoms with Crippen LogP contribution in [0.25, 0.3) is 0 Å². The molecule has 5 atom stereocenters. The fourth-order valence-electron chi connectivity index (χ4n) is 5.55. The first-order valence-corrected chi connectivity index (χ1v) is 12.9. The molecule has 5 heteroatoms. The highest BCUT2D eigenvalue weighted by molar-refractivity contribution is 5.91. The molecule has 0 saturated carbocycles. The van der Waals surface area contributed by atoms with E-state index >= 15 is 0 Å². The van der Waals surface area contributed by atoms with E-state index in [2.05, 4.69) is 6.92 Å². The van der Waals surface area contributed by atoms with Gasteiger partial charge in [-0.3, -0.25) is 4.79 Å². The predicted molar refractivity (Wildman–Crippen MR) is 122 cm³/mol. The molecule has 2 aliphatic heterocycles. The van der Waals surface area contributed by atoms with Crippen LogP contribution in [0.2, 0.25) is 0 Å². The summed E-state index contributed by atoms with van der Waals surface area (Å²) in [4.78, 5) is 11.6. The SMILES string of the molecule is CCCCCCCCCCCCC[C@@H]1C[C@@H](O)C[C@@]2(CC[C@]3(C=CC(=O)CC3O)O2)O1. The third kappa shape index (κ3) is 7.12. The van der Waals surface area contributed by atoms with Crippen molar-refractivity contribution in [2.75, 3.05) is 0 Å². The highest BCUT2D eigenvalue weighted by atomic mass is 16.7. The van der Waals surface area contributed by atoms with Gasteiger partial charge in [0.25, 0.3) is 0 Å². The van der Waals surface area contributed by atoms with Crippen LogP contribution in [0, 0.1) is 0 Å². The van der Waals surface area contributed by atoms with Crippen molar-refractivity contribution in [1.82, 2.24) is 0 Å². The summed E-state index contributed by atoms with van der Waals surface area (Å²) in [6, 6.07) is 0. The summed E-state index contributed by atoms with van der Waals surface area (Å²) in [7, 11) is 0. The molecule has 5 nitrogen and oxygen atoms in total. The van der Waals surface area contributed by atoms with Crippen molar-refractivity contribution in [3.8, 4) is 0 Å². The number of aliphatic hydroxyl groups excluding tert-OH is 2. The van der Waals surface area contributed by atoms with Crippen molar-refractivity contribution in [3.05, 3.63) is 12.2 Å². The van der Waals surface area contributed by atoms with Crippen LogP contribution >= 0.6 is 0 Å². The maximum absolute atomic E-state index is 11.6. The molecule has 1 unspecified atom stereocenters. The lowest BCUT2D eigenvalue weighted by Gasteiger charge is -2.43. The quantitative estimate of drug-likeness (QED) is 0.403. The Bertz CT molecular complexity index is 590. The third-order valence-electron chi connectivity index (χ3n) is 7.38. The van der Waals surface area contributed by atoms with Crippen molar-refractivity contribution in [2.24, 2.45) is 0 Å². The van der Waals surface area contributed by atoms with Gasteiger partial charge in [0.15, 0.2) is 11.6 Å². The molecule has 3 rings (SSSR count). The van der Waals surface area contributed by atoms with Crippen molar-refractivity contribution in [3.63, 3.8) is 0 Å². The largest absolute Gasteiger partial charge is 0.393 e. The van der Waals surface area contributed by atoms with Crippen molar-refractivity contribution >= 4 is 5.78 Å². The number of ether oxygens (including phenoxy) is 2. The number of ketones is 1. The van der Waals surface area contributed by atoms with Crippen molar-refractivity contribution in [1.29, 1.82) is 0 Å². The van der Waals surface area contributed by atoms with Crippen LogP contribution < -0.4 is 0 Å². The lowest BCUT2D eigenvalue weighted by atomic mass is 9.85. The van der Waals surface area contributed by atoms with Gasteiger partial charge in [-0.1, -0.05) is 77.6 Å². The van der Waals surface area contributed by atoms with Gasteiger partial charge in [-0.2, -0.15) is 0 Å². The molecule has 0 bridgehead atoms. The molecular weight excluding hydrogens is 392 g/mol. The van der Waals surface area contributed by atoms with Crippen molar-refractivity contribution in [2.45, 2.75) is 146 Å². The molecule has 0 amide bonds. The maximum Gasteiger partial charge on any atom is 0.172 e. The average molecular weight is 437 g/mol. The van der Waals surface area contributed by atoms with Gasteiger partial charge in [0.1, 0.15) is 5.60 Å². The van der Waals surface area contributed by atoms with Crippen molar-refractivity contribution < 1.29 is 24.5 Å². The van der Waals surface area contributed by atoms with Gasteiger partial charge in [-0.15, -0.1) is 0 Å². The minimum atomic E-state index is -0.841. The Hall–Kier alpha value is -0.750.